The molecule has 0 bridgehead atoms. The summed E-state index contributed by atoms with van der Waals surface area (Å²) in [4.78, 5) is 0. The maximum absolute atomic E-state index is 3.70. The average molecular weight is 199 g/mol. The van der Waals surface area contributed by atoms with Crippen LogP contribution in [0.5, 0.6) is 0 Å². The van der Waals surface area contributed by atoms with Gasteiger partial charge in [0.15, 0.2) is 0 Å². The van der Waals surface area contributed by atoms with E-state index in [0.717, 1.165) is 17.2 Å². The molecule has 2 heteroatoms. The van der Waals surface area contributed by atoms with Gasteiger partial charge >= 0.3 is 0 Å². The molecule has 1 aliphatic carbocycles. The zero-order valence-corrected chi connectivity index (χ0v) is 9.41. The Morgan fingerprint density at radius 2 is 2.15 bits per heavy atom. The Kier molecular flexibility index (Phi) is 3.56. The molecule has 13 heavy (non-hydrogen) atoms. The number of thioether (sulfide) groups is 1. The van der Waals surface area contributed by atoms with Crippen molar-refractivity contribution in [2.45, 2.75) is 50.3 Å². The first-order chi connectivity index (χ1) is 6.34. The van der Waals surface area contributed by atoms with Crippen LogP contribution in [0.4, 0.5) is 0 Å². The molecule has 2 rings (SSSR count). The number of rotatable bonds is 3. The summed E-state index contributed by atoms with van der Waals surface area (Å²) < 4.78 is 0. The van der Waals surface area contributed by atoms with Crippen molar-refractivity contribution < 1.29 is 0 Å². The molecular formula is C11H21NS. The summed E-state index contributed by atoms with van der Waals surface area (Å²) in [5.74, 6) is 2.38. The second kappa shape index (κ2) is 4.70. The van der Waals surface area contributed by atoms with Crippen LogP contribution in [0.2, 0.25) is 0 Å². The summed E-state index contributed by atoms with van der Waals surface area (Å²) in [7, 11) is 0. The van der Waals surface area contributed by atoms with Gasteiger partial charge in [-0.15, -0.1) is 0 Å². The largest absolute Gasteiger partial charge is 0.313 e. The predicted octanol–water partition coefficient (Wildman–Crippen LogP) is 2.66. The third kappa shape index (κ3) is 2.88. The summed E-state index contributed by atoms with van der Waals surface area (Å²) in [6.45, 7) is 3.62. The predicted molar refractivity (Wildman–Crippen MR) is 60.3 cm³/mol. The van der Waals surface area contributed by atoms with Crippen molar-refractivity contribution in [3.8, 4) is 0 Å². The van der Waals surface area contributed by atoms with Gasteiger partial charge in [0, 0.05) is 17.8 Å². The first kappa shape index (κ1) is 9.85. The maximum atomic E-state index is 3.70. The molecular weight excluding hydrogens is 178 g/mol. The summed E-state index contributed by atoms with van der Waals surface area (Å²) in [6.07, 6.45) is 7.18. The van der Waals surface area contributed by atoms with Gasteiger partial charge in [-0.05, 0) is 37.4 Å². The van der Waals surface area contributed by atoms with Crippen molar-refractivity contribution >= 4 is 11.8 Å². The van der Waals surface area contributed by atoms with E-state index in [4.69, 9.17) is 0 Å². The minimum Gasteiger partial charge on any atom is -0.313 e. The van der Waals surface area contributed by atoms with Gasteiger partial charge in [-0.3, -0.25) is 0 Å². The Morgan fingerprint density at radius 3 is 2.77 bits per heavy atom. The summed E-state index contributed by atoms with van der Waals surface area (Å²) in [5.41, 5.74) is 0. The molecule has 0 aromatic rings. The fourth-order valence-electron chi connectivity index (χ4n) is 2.34. The van der Waals surface area contributed by atoms with Crippen molar-refractivity contribution in [3.63, 3.8) is 0 Å². The van der Waals surface area contributed by atoms with Gasteiger partial charge in [-0.1, -0.05) is 13.3 Å². The van der Waals surface area contributed by atoms with E-state index in [-0.39, 0.29) is 0 Å². The molecule has 1 N–H and O–H groups in total. The molecule has 0 amide bonds. The van der Waals surface area contributed by atoms with Gasteiger partial charge in [0.2, 0.25) is 0 Å². The molecule has 2 fully saturated rings. The van der Waals surface area contributed by atoms with Crippen LogP contribution in [0.15, 0.2) is 0 Å². The highest BCUT2D eigenvalue weighted by atomic mass is 32.2. The molecule has 0 spiro atoms. The highest BCUT2D eigenvalue weighted by molar-refractivity contribution is 7.99. The summed E-state index contributed by atoms with van der Waals surface area (Å²) in [6, 6.07) is 0.859. The first-order valence-electron chi connectivity index (χ1n) is 5.69. The Bertz CT molecular complexity index is 148. The van der Waals surface area contributed by atoms with Crippen molar-refractivity contribution in [1.82, 2.24) is 5.32 Å². The minimum atomic E-state index is 0.859. The minimum absolute atomic E-state index is 0.859. The zero-order valence-electron chi connectivity index (χ0n) is 8.59. The molecule has 1 atom stereocenters. The van der Waals surface area contributed by atoms with Gasteiger partial charge in [0.25, 0.3) is 0 Å². The lowest BCUT2D eigenvalue weighted by atomic mass is 9.82. The van der Waals surface area contributed by atoms with Gasteiger partial charge < -0.3 is 5.32 Å². The van der Waals surface area contributed by atoms with Crippen LogP contribution in [0, 0.1) is 5.92 Å². The highest BCUT2D eigenvalue weighted by Crippen LogP contribution is 2.28. The van der Waals surface area contributed by atoms with E-state index in [9.17, 15) is 0 Å². The molecule has 1 saturated heterocycles. The van der Waals surface area contributed by atoms with E-state index >= 15 is 0 Å². The van der Waals surface area contributed by atoms with Crippen LogP contribution < -0.4 is 5.32 Å². The topological polar surface area (TPSA) is 12.0 Å². The monoisotopic (exact) mass is 199 g/mol. The zero-order chi connectivity index (χ0) is 9.10. The van der Waals surface area contributed by atoms with Gasteiger partial charge in [-0.25, -0.2) is 0 Å². The lowest BCUT2D eigenvalue weighted by Crippen LogP contribution is -2.43. The van der Waals surface area contributed by atoms with Crippen molar-refractivity contribution in [2.75, 3.05) is 12.3 Å². The first-order valence-corrected chi connectivity index (χ1v) is 6.74. The van der Waals surface area contributed by atoms with E-state index < -0.39 is 0 Å². The molecule has 1 saturated carbocycles. The number of nitrogens with one attached hydrogen (secondary N) is 1. The van der Waals surface area contributed by atoms with Gasteiger partial charge in [0.05, 0.1) is 0 Å². The van der Waals surface area contributed by atoms with Crippen molar-refractivity contribution in [1.29, 1.82) is 0 Å². The van der Waals surface area contributed by atoms with Crippen molar-refractivity contribution in [3.05, 3.63) is 0 Å². The Balaban J connectivity index is 1.56. The van der Waals surface area contributed by atoms with E-state index in [2.05, 4.69) is 24.0 Å². The quantitative estimate of drug-likeness (QED) is 0.750. The number of hydrogen-bond acceptors (Lipinski definition) is 2. The second-order valence-electron chi connectivity index (χ2n) is 4.67. The SMILES string of the molecule is CC1CC(NCC2CCCCS2)C1. The summed E-state index contributed by atoms with van der Waals surface area (Å²) in [5, 5.41) is 4.62. The lowest BCUT2D eigenvalue weighted by Gasteiger charge is -2.35. The van der Waals surface area contributed by atoms with Crippen LogP contribution in [0.3, 0.4) is 0 Å². The number of hydrogen-bond donors (Lipinski definition) is 1. The second-order valence-corrected chi connectivity index (χ2v) is 6.08. The third-order valence-electron chi connectivity index (χ3n) is 3.28. The van der Waals surface area contributed by atoms with E-state index in [0.29, 0.717) is 0 Å². The molecule has 1 heterocycles. The molecule has 1 aliphatic heterocycles. The molecule has 1 unspecified atom stereocenters. The highest BCUT2D eigenvalue weighted by Gasteiger charge is 2.25. The van der Waals surface area contributed by atoms with Crippen LogP contribution >= 0.6 is 11.8 Å². The van der Waals surface area contributed by atoms with E-state index in [1.807, 2.05) is 0 Å². The molecule has 76 valence electrons. The van der Waals surface area contributed by atoms with Crippen LogP contribution in [-0.2, 0) is 0 Å². The molecule has 2 aliphatic rings. The molecule has 0 radical (unpaired) electrons. The third-order valence-corrected chi connectivity index (χ3v) is 4.68. The van der Waals surface area contributed by atoms with Crippen LogP contribution in [0.1, 0.15) is 39.0 Å². The standard InChI is InChI=1S/C11H21NS/c1-9-6-10(7-9)12-8-11-4-2-3-5-13-11/h9-12H,2-8H2,1H3. The van der Waals surface area contributed by atoms with Gasteiger partial charge in [0.1, 0.15) is 0 Å². The lowest BCUT2D eigenvalue weighted by molar-refractivity contribution is 0.241. The smallest absolute Gasteiger partial charge is 0.0172 e. The molecule has 0 aromatic heterocycles. The maximum Gasteiger partial charge on any atom is 0.0172 e. The van der Waals surface area contributed by atoms with Gasteiger partial charge in [-0.2, -0.15) is 11.8 Å². The normalized spacial score (nSPS) is 39.9. The Morgan fingerprint density at radius 1 is 1.31 bits per heavy atom. The Hall–Kier alpha value is 0.310. The summed E-state index contributed by atoms with van der Waals surface area (Å²) >= 11 is 2.18. The Labute approximate surface area is 86.0 Å². The van der Waals surface area contributed by atoms with Crippen molar-refractivity contribution in [2.24, 2.45) is 5.92 Å². The fourth-order valence-corrected chi connectivity index (χ4v) is 3.59. The molecule has 0 aromatic carbocycles. The van der Waals surface area contributed by atoms with E-state index in [1.54, 1.807) is 0 Å². The fraction of sp³-hybridized carbons (Fsp3) is 1.00. The molecule has 1 nitrogen and oxygen atoms in total. The van der Waals surface area contributed by atoms with E-state index in [1.165, 1.54) is 44.4 Å². The van der Waals surface area contributed by atoms with Crippen LogP contribution in [-0.4, -0.2) is 23.6 Å². The van der Waals surface area contributed by atoms with Crippen LogP contribution in [0.25, 0.3) is 0 Å². The average Bonchev–Trinajstić information content (AvgIpc) is 2.12.